The van der Waals surface area contributed by atoms with Crippen molar-refractivity contribution < 1.29 is 14.3 Å². The predicted octanol–water partition coefficient (Wildman–Crippen LogP) is 3.40. The summed E-state index contributed by atoms with van der Waals surface area (Å²) < 4.78 is 10.8. The molecule has 6 heteroatoms. The highest BCUT2D eigenvalue weighted by molar-refractivity contribution is 5.81. The topological polar surface area (TPSA) is 54.0 Å². The molecular weight excluding hydrogens is 402 g/mol. The number of ether oxygens (including phenoxy) is 2. The molecule has 1 N–H and O–H groups in total. The SMILES string of the molecule is COc1ccc(CN2CCN([C@@H](C)C(=O)N[C@H]3CCCc4ccccc43)CC2)cc1OC. The van der Waals surface area contributed by atoms with E-state index in [0.717, 1.165) is 63.5 Å². The number of carbonyl (C=O) groups is 1. The van der Waals surface area contributed by atoms with E-state index < -0.39 is 0 Å². The fraction of sp³-hybridized carbons (Fsp3) is 0.500. The monoisotopic (exact) mass is 437 g/mol. The van der Waals surface area contributed by atoms with Gasteiger partial charge in [-0.25, -0.2) is 0 Å². The maximum absolute atomic E-state index is 13.0. The van der Waals surface area contributed by atoms with Gasteiger partial charge in [-0.1, -0.05) is 30.3 Å². The Hall–Kier alpha value is -2.57. The molecular formula is C26H35N3O3. The van der Waals surface area contributed by atoms with E-state index >= 15 is 0 Å². The molecule has 1 aliphatic heterocycles. The van der Waals surface area contributed by atoms with E-state index in [2.05, 4.69) is 45.4 Å². The van der Waals surface area contributed by atoms with Crippen molar-refractivity contribution >= 4 is 5.91 Å². The van der Waals surface area contributed by atoms with Gasteiger partial charge >= 0.3 is 0 Å². The molecule has 0 unspecified atom stereocenters. The lowest BCUT2D eigenvalue weighted by Crippen LogP contribution is -2.54. The highest BCUT2D eigenvalue weighted by Gasteiger charge is 2.28. The summed E-state index contributed by atoms with van der Waals surface area (Å²) in [6, 6.07) is 14.6. The van der Waals surface area contributed by atoms with Crippen LogP contribution in [0.3, 0.4) is 0 Å². The van der Waals surface area contributed by atoms with Gasteiger partial charge in [-0.2, -0.15) is 0 Å². The Kier molecular flexibility index (Phi) is 7.33. The maximum Gasteiger partial charge on any atom is 0.237 e. The quantitative estimate of drug-likeness (QED) is 0.720. The number of fused-ring (bicyclic) bond motifs is 1. The predicted molar refractivity (Wildman–Crippen MR) is 126 cm³/mol. The van der Waals surface area contributed by atoms with Crippen LogP contribution < -0.4 is 14.8 Å². The first-order valence-electron chi connectivity index (χ1n) is 11.6. The minimum atomic E-state index is -0.118. The summed E-state index contributed by atoms with van der Waals surface area (Å²) in [5.41, 5.74) is 3.87. The van der Waals surface area contributed by atoms with E-state index in [1.807, 2.05) is 19.1 Å². The number of hydrogen-bond acceptors (Lipinski definition) is 5. The molecule has 1 fully saturated rings. The number of nitrogens with zero attached hydrogens (tertiary/aromatic N) is 2. The average molecular weight is 438 g/mol. The number of rotatable bonds is 7. The summed E-state index contributed by atoms with van der Waals surface area (Å²) in [7, 11) is 3.32. The second-order valence-electron chi connectivity index (χ2n) is 8.83. The summed E-state index contributed by atoms with van der Waals surface area (Å²) >= 11 is 0. The molecule has 1 saturated heterocycles. The van der Waals surface area contributed by atoms with Crippen LogP contribution in [-0.4, -0.2) is 62.1 Å². The Labute approximate surface area is 191 Å². The van der Waals surface area contributed by atoms with Gasteiger partial charge in [0.1, 0.15) is 0 Å². The highest BCUT2D eigenvalue weighted by atomic mass is 16.5. The fourth-order valence-electron chi connectivity index (χ4n) is 4.91. The van der Waals surface area contributed by atoms with Crippen LogP contribution >= 0.6 is 0 Å². The second-order valence-corrected chi connectivity index (χ2v) is 8.83. The van der Waals surface area contributed by atoms with E-state index in [1.54, 1.807) is 14.2 Å². The van der Waals surface area contributed by atoms with Gasteiger partial charge in [-0.3, -0.25) is 14.6 Å². The Balaban J connectivity index is 1.29. The van der Waals surface area contributed by atoms with Gasteiger partial charge in [-0.15, -0.1) is 0 Å². The average Bonchev–Trinajstić information content (AvgIpc) is 2.84. The van der Waals surface area contributed by atoms with Gasteiger partial charge in [0, 0.05) is 32.7 Å². The van der Waals surface area contributed by atoms with Crippen molar-refractivity contribution in [2.24, 2.45) is 0 Å². The molecule has 2 aromatic carbocycles. The van der Waals surface area contributed by atoms with Crippen LogP contribution in [0, 0.1) is 0 Å². The standard InChI is InChI=1S/C26H35N3O3/c1-19(26(30)27-23-10-6-8-21-7-4-5-9-22(21)23)29-15-13-28(14-16-29)18-20-11-12-24(31-2)25(17-20)32-3/h4-5,7,9,11-12,17,19,23H,6,8,10,13-16,18H2,1-3H3,(H,27,30)/t19-,23-/m0/s1. The molecule has 6 nitrogen and oxygen atoms in total. The number of piperazine rings is 1. The summed E-state index contributed by atoms with van der Waals surface area (Å²) in [6.07, 6.45) is 3.26. The number of hydrogen-bond donors (Lipinski definition) is 1. The van der Waals surface area contributed by atoms with Crippen molar-refractivity contribution in [2.75, 3.05) is 40.4 Å². The largest absolute Gasteiger partial charge is 0.493 e. The van der Waals surface area contributed by atoms with E-state index in [-0.39, 0.29) is 18.0 Å². The third-order valence-electron chi connectivity index (χ3n) is 6.87. The van der Waals surface area contributed by atoms with E-state index in [0.29, 0.717) is 0 Å². The molecule has 2 aromatic rings. The lowest BCUT2D eigenvalue weighted by Gasteiger charge is -2.38. The van der Waals surface area contributed by atoms with Crippen LogP contribution in [-0.2, 0) is 17.8 Å². The molecule has 172 valence electrons. The molecule has 0 spiro atoms. The third-order valence-corrected chi connectivity index (χ3v) is 6.87. The maximum atomic E-state index is 13.0. The molecule has 0 aromatic heterocycles. The zero-order chi connectivity index (χ0) is 22.5. The van der Waals surface area contributed by atoms with Crippen LogP contribution in [0.2, 0.25) is 0 Å². The molecule has 2 atom stereocenters. The van der Waals surface area contributed by atoms with Gasteiger partial charge in [-0.05, 0) is 55.0 Å². The number of benzene rings is 2. The van der Waals surface area contributed by atoms with E-state index in [4.69, 9.17) is 9.47 Å². The number of carbonyl (C=O) groups excluding carboxylic acids is 1. The highest BCUT2D eigenvalue weighted by Crippen LogP contribution is 2.30. The molecule has 0 bridgehead atoms. The Morgan fingerprint density at radius 2 is 1.81 bits per heavy atom. The van der Waals surface area contributed by atoms with Gasteiger partial charge in [0.2, 0.25) is 5.91 Å². The molecule has 0 radical (unpaired) electrons. The second kappa shape index (κ2) is 10.4. The number of amides is 1. The summed E-state index contributed by atoms with van der Waals surface area (Å²) in [5.74, 6) is 1.65. The lowest BCUT2D eigenvalue weighted by atomic mass is 9.87. The Morgan fingerprint density at radius 3 is 2.56 bits per heavy atom. The molecule has 4 rings (SSSR count). The van der Waals surface area contributed by atoms with E-state index in [1.165, 1.54) is 16.7 Å². The normalized spacial score (nSPS) is 20.3. The minimum Gasteiger partial charge on any atom is -0.493 e. The molecule has 2 aliphatic rings. The van der Waals surface area contributed by atoms with Crippen LogP contribution in [0.15, 0.2) is 42.5 Å². The molecule has 1 heterocycles. The van der Waals surface area contributed by atoms with Crippen LogP contribution in [0.5, 0.6) is 11.5 Å². The first kappa shape index (κ1) is 22.6. The molecule has 1 amide bonds. The van der Waals surface area contributed by atoms with Gasteiger partial charge < -0.3 is 14.8 Å². The van der Waals surface area contributed by atoms with Crippen LogP contribution in [0.1, 0.15) is 42.5 Å². The van der Waals surface area contributed by atoms with Gasteiger partial charge in [0.15, 0.2) is 11.5 Å². The minimum absolute atomic E-state index is 0.118. The fourth-order valence-corrected chi connectivity index (χ4v) is 4.91. The number of methoxy groups -OCH3 is 2. The summed E-state index contributed by atoms with van der Waals surface area (Å²) in [4.78, 5) is 17.8. The Morgan fingerprint density at radius 1 is 1.06 bits per heavy atom. The smallest absolute Gasteiger partial charge is 0.237 e. The van der Waals surface area contributed by atoms with Crippen LogP contribution in [0.4, 0.5) is 0 Å². The zero-order valence-electron chi connectivity index (χ0n) is 19.5. The van der Waals surface area contributed by atoms with Crippen molar-refractivity contribution in [3.63, 3.8) is 0 Å². The van der Waals surface area contributed by atoms with Crippen molar-refractivity contribution in [1.82, 2.24) is 15.1 Å². The number of aryl methyl sites for hydroxylation is 1. The van der Waals surface area contributed by atoms with E-state index in [9.17, 15) is 4.79 Å². The van der Waals surface area contributed by atoms with Crippen LogP contribution in [0.25, 0.3) is 0 Å². The molecule has 32 heavy (non-hydrogen) atoms. The first-order chi connectivity index (χ1) is 15.6. The third kappa shape index (κ3) is 5.08. The first-order valence-corrected chi connectivity index (χ1v) is 11.6. The molecule has 1 aliphatic carbocycles. The summed E-state index contributed by atoms with van der Waals surface area (Å²) in [6.45, 7) is 6.57. The summed E-state index contributed by atoms with van der Waals surface area (Å²) in [5, 5.41) is 3.33. The Bertz CT molecular complexity index is 924. The van der Waals surface area contributed by atoms with Crippen molar-refractivity contribution in [2.45, 2.75) is 44.8 Å². The van der Waals surface area contributed by atoms with Crippen molar-refractivity contribution in [3.05, 3.63) is 59.2 Å². The van der Waals surface area contributed by atoms with Crippen molar-refractivity contribution in [3.8, 4) is 11.5 Å². The lowest BCUT2D eigenvalue weighted by molar-refractivity contribution is -0.127. The number of nitrogens with one attached hydrogen (secondary N) is 1. The van der Waals surface area contributed by atoms with Gasteiger partial charge in [0.05, 0.1) is 26.3 Å². The van der Waals surface area contributed by atoms with Gasteiger partial charge in [0.25, 0.3) is 0 Å². The van der Waals surface area contributed by atoms with Crippen molar-refractivity contribution in [1.29, 1.82) is 0 Å². The zero-order valence-corrected chi connectivity index (χ0v) is 19.5. The molecule has 0 saturated carbocycles.